The van der Waals surface area contributed by atoms with E-state index in [9.17, 15) is 0 Å². The van der Waals surface area contributed by atoms with Gasteiger partial charge in [0.15, 0.2) is 11.5 Å². The molecule has 1 aromatic carbocycles. The Labute approximate surface area is 132 Å². The fourth-order valence-electron chi connectivity index (χ4n) is 1.87. The number of rotatable bonds is 11. The number of ether oxygens (including phenoxy) is 3. The van der Waals surface area contributed by atoms with Crippen LogP contribution in [0.1, 0.15) is 32.3 Å². The van der Waals surface area contributed by atoms with Crippen molar-refractivity contribution in [2.75, 3.05) is 33.5 Å². The molecule has 1 N–H and O–H groups in total. The summed E-state index contributed by atoms with van der Waals surface area (Å²) in [5.41, 5.74) is 1.08. The van der Waals surface area contributed by atoms with Crippen molar-refractivity contribution in [1.82, 2.24) is 5.32 Å². The Morgan fingerprint density at radius 1 is 1.10 bits per heavy atom. The van der Waals surface area contributed by atoms with E-state index in [4.69, 9.17) is 25.8 Å². The van der Waals surface area contributed by atoms with Crippen LogP contribution in [0.15, 0.2) is 12.1 Å². The van der Waals surface area contributed by atoms with E-state index in [1.165, 1.54) is 0 Å². The third-order valence-corrected chi connectivity index (χ3v) is 3.15. The van der Waals surface area contributed by atoms with Gasteiger partial charge in [-0.2, -0.15) is 0 Å². The van der Waals surface area contributed by atoms with E-state index in [1.807, 2.05) is 12.1 Å². The Hall–Kier alpha value is -0.970. The molecule has 1 aromatic rings. The first-order chi connectivity index (χ1) is 10.2. The van der Waals surface area contributed by atoms with Crippen LogP contribution in [-0.4, -0.2) is 33.5 Å². The summed E-state index contributed by atoms with van der Waals surface area (Å²) in [6.45, 7) is 7.72. The van der Waals surface area contributed by atoms with Crippen molar-refractivity contribution < 1.29 is 14.2 Å². The maximum Gasteiger partial charge on any atom is 0.179 e. The van der Waals surface area contributed by atoms with Crippen molar-refractivity contribution in [2.45, 2.75) is 33.2 Å². The average Bonchev–Trinajstić information content (AvgIpc) is 2.48. The van der Waals surface area contributed by atoms with Gasteiger partial charge in [0.2, 0.25) is 0 Å². The normalized spacial score (nSPS) is 10.7. The lowest BCUT2D eigenvalue weighted by molar-refractivity contribution is 0.0995. The van der Waals surface area contributed by atoms with Crippen LogP contribution in [0.4, 0.5) is 0 Å². The first-order valence-electron chi connectivity index (χ1n) is 7.50. The van der Waals surface area contributed by atoms with E-state index < -0.39 is 0 Å². The molecule has 0 aliphatic heterocycles. The highest BCUT2D eigenvalue weighted by Crippen LogP contribution is 2.36. The molecule has 0 amide bonds. The molecular weight excluding hydrogens is 290 g/mol. The molecule has 0 heterocycles. The fraction of sp³-hybridized carbons (Fsp3) is 0.625. The van der Waals surface area contributed by atoms with Gasteiger partial charge in [-0.25, -0.2) is 0 Å². The minimum absolute atomic E-state index is 0.462. The van der Waals surface area contributed by atoms with Crippen molar-refractivity contribution >= 4 is 11.6 Å². The summed E-state index contributed by atoms with van der Waals surface area (Å²) in [6, 6.07) is 3.87. The quantitative estimate of drug-likeness (QED) is 0.633. The topological polar surface area (TPSA) is 39.7 Å². The molecule has 0 fully saturated rings. The maximum atomic E-state index is 6.29. The van der Waals surface area contributed by atoms with Gasteiger partial charge in [0.05, 0.1) is 18.7 Å². The molecule has 120 valence electrons. The minimum Gasteiger partial charge on any atom is -0.493 e. The number of methoxy groups -OCH3 is 1. The second kappa shape index (κ2) is 10.7. The Balaban J connectivity index is 2.61. The monoisotopic (exact) mass is 315 g/mol. The molecular formula is C16H26ClNO3. The number of hydrogen-bond donors (Lipinski definition) is 1. The van der Waals surface area contributed by atoms with Crippen molar-refractivity contribution in [3.05, 3.63) is 22.7 Å². The molecule has 0 bridgehead atoms. The predicted molar refractivity (Wildman–Crippen MR) is 86.6 cm³/mol. The summed E-state index contributed by atoms with van der Waals surface area (Å²) in [5.74, 6) is 1.24. The highest BCUT2D eigenvalue weighted by atomic mass is 35.5. The Morgan fingerprint density at radius 2 is 1.90 bits per heavy atom. The molecule has 0 saturated carbocycles. The second-order valence-corrected chi connectivity index (χ2v) is 5.15. The fourth-order valence-corrected chi connectivity index (χ4v) is 2.16. The Kier molecular flexibility index (Phi) is 9.22. The van der Waals surface area contributed by atoms with E-state index in [2.05, 4.69) is 19.2 Å². The van der Waals surface area contributed by atoms with Crippen molar-refractivity contribution in [2.24, 2.45) is 0 Å². The molecule has 1 rings (SSSR count). The zero-order valence-electron chi connectivity index (χ0n) is 13.2. The SMILES string of the molecule is CCCNCc1cc(Cl)c(OCCOCCC)c(OC)c1. The largest absolute Gasteiger partial charge is 0.493 e. The van der Waals surface area contributed by atoms with Crippen LogP contribution < -0.4 is 14.8 Å². The smallest absolute Gasteiger partial charge is 0.179 e. The third-order valence-electron chi connectivity index (χ3n) is 2.87. The number of halogens is 1. The molecule has 0 saturated heterocycles. The highest BCUT2D eigenvalue weighted by molar-refractivity contribution is 6.32. The van der Waals surface area contributed by atoms with Gasteiger partial charge in [0.25, 0.3) is 0 Å². The summed E-state index contributed by atoms with van der Waals surface area (Å²) in [7, 11) is 1.62. The summed E-state index contributed by atoms with van der Waals surface area (Å²) in [4.78, 5) is 0. The summed E-state index contributed by atoms with van der Waals surface area (Å²) < 4.78 is 16.4. The van der Waals surface area contributed by atoms with Crippen LogP contribution in [-0.2, 0) is 11.3 Å². The maximum absolute atomic E-state index is 6.29. The predicted octanol–water partition coefficient (Wildman–Crippen LogP) is 3.65. The number of benzene rings is 1. The lowest BCUT2D eigenvalue weighted by atomic mass is 10.2. The van der Waals surface area contributed by atoms with Gasteiger partial charge in [-0.15, -0.1) is 0 Å². The molecule has 0 aliphatic carbocycles. The molecule has 5 heteroatoms. The minimum atomic E-state index is 0.462. The molecule has 0 unspecified atom stereocenters. The summed E-state index contributed by atoms with van der Waals surface area (Å²) in [5, 5.41) is 3.91. The van der Waals surface area contributed by atoms with E-state index >= 15 is 0 Å². The van der Waals surface area contributed by atoms with E-state index in [-0.39, 0.29) is 0 Å². The second-order valence-electron chi connectivity index (χ2n) is 4.75. The number of hydrogen-bond acceptors (Lipinski definition) is 4. The molecule has 0 radical (unpaired) electrons. The zero-order chi connectivity index (χ0) is 15.5. The van der Waals surface area contributed by atoms with Crippen LogP contribution in [0.2, 0.25) is 5.02 Å². The van der Waals surface area contributed by atoms with Crippen LogP contribution in [0.5, 0.6) is 11.5 Å². The third kappa shape index (κ3) is 6.55. The average molecular weight is 316 g/mol. The van der Waals surface area contributed by atoms with E-state index in [0.717, 1.165) is 38.1 Å². The van der Waals surface area contributed by atoms with Crippen molar-refractivity contribution in [3.8, 4) is 11.5 Å². The van der Waals surface area contributed by atoms with E-state index in [1.54, 1.807) is 7.11 Å². The lowest BCUT2D eigenvalue weighted by Gasteiger charge is -2.14. The molecule has 4 nitrogen and oxygen atoms in total. The van der Waals surface area contributed by atoms with Gasteiger partial charge in [-0.3, -0.25) is 0 Å². The Morgan fingerprint density at radius 3 is 2.57 bits per heavy atom. The van der Waals surface area contributed by atoms with Gasteiger partial charge >= 0.3 is 0 Å². The summed E-state index contributed by atoms with van der Waals surface area (Å²) >= 11 is 6.29. The van der Waals surface area contributed by atoms with Gasteiger partial charge in [-0.05, 0) is 37.1 Å². The highest BCUT2D eigenvalue weighted by Gasteiger charge is 2.12. The van der Waals surface area contributed by atoms with Crippen LogP contribution >= 0.6 is 11.6 Å². The van der Waals surface area contributed by atoms with Gasteiger partial charge in [-0.1, -0.05) is 25.4 Å². The van der Waals surface area contributed by atoms with Gasteiger partial charge in [0.1, 0.15) is 6.61 Å². The van der Waals surface area contributed by atoms with Crippen molar-refractivity contribution in [3.63, 3.8) is 0 Å². The van der Waals surface area contributed by atoms with Crippen LogP contribution in [0, 0.1) is 0 Å². The number of nitrogens with one attached hydrogen (secondary N) is 1. The molecule has 0 atom stereocenters. The van der Waals surface area contributed by atoms with Gasteiger partial charge < -0.3 is 19.5 Å². The molecule has 0 aromatic heterocycles. The standard InChI is InChI=1S/C16H26ClNO3/c1-4-6-18-12-13-10-14(17)16(15(11-13)19-3)21-9-8-20-7-5-2/h10-11,18H,4-9,12H2,1-3H3. The van der Waals surface area contributed by atoms with Crippen LogP contribution in [0.3, 0.4) is 0 Å². The van der Waals surface area contributed by atoms with Gasteiger partial charge in [0, 0.05) is 13.2 Å². The molecule has 0 aliphatic rings. The Bertz CT molecular complexity index is 413. The van der Waals surface area contributed by atoms with Crippen molar-refractivity contribution in [1.29, 1.82) is 0 Å². The zero-order valence-corrected chi connectivity index (χ0v) is 14.0. The first kappa shape index (κ1) is 18.1. The summed E-state index contributed by atoms with van der Waals surface area (Å²) in [6.07, 6.45) is 2.10. The lowest BCUT2D eigenvalue weighted by Crippen LogP contribution is -2.14. The van der Waals surface area contributed by atoms with E-state index in [0.29, 0.717) is 29.7 Å². The molecule has 0 spiro atoms. The van der Waals surface area contributed by atoms with Crippen LogP contribution in [0.25, 0.3) is 0 Å². The first-order valence-corrected chi connectivity index (χ1v) is 7.88. The molecule has 21 heavy (non-hydrogen) atoms.